The van der Waals surface area contributed by atoms with Gasteiger partial charge in [-0.25, -0.2) is 0 Å². The minimum Gasteiger partial charge on any atom is -0.381 e. The van der Waals surface area contributed by atoms with E-state index in [1.807, 2.05) is 0 Å². The third-order valence-corrected chi connectivity index (χ3v) is 4.09. The van der Waals surface area contributed by atoms with Crippen LogP contribution in [0, 0.1) is 5.92 Å². The van der Waals surface area contributed by atoms with E-state index in [1.54, 1.807) is 0 Å². The summed E-state index contributed by atoms with van der Waals surface area (Å²) >= 11 is 0. The summed E-state index contributed by atoms with van der Waals surface area (Å²) in [5, 5.41) is 3.53. The minimum atomic E-state index is 0.710. The van der Waals surface area contributed by atoms with Crippen LogP contribution in [0.15, 0.2) is 0 Å². The summed E-state index contributed by atoms with van der Waals surface area (Å²) in [6.45, 7) is 6.69. The smallest absolute Gasteiger partial charge is 0.0480 e. The van der Waals surface area contributed by atoms with Crippen molar-refractivity contribution in [3.63, 3.8) is 0 Å². The molecule has 2 fully saturated rings. The average molecular weight is 226 g/mol. The van der Waals surface area contributed by atoms with Crippen LogP contribution >= 0.6 is 0 Å². The molecule has 16 heavy (non-hydrogen) atoms. The Morgan fingerprint density at radius 2 is 2.00 bits per heavy atom. The van der Waals surface area contributed by atoms with Crippen molar-refractivity contribution in [2.24, 2.45) is 5.92 Å². The van der Waals surface area contributed by atoms with E-state index in [0.29, 0.717) is 6.04 Å². The van der Waals surface area contributed by atoms with Crippen LogP contribution in [-0.4, -0.2) is 50.3 Å². The van der Waals surface area contributed by atoms with E-state index < -0.39 is 0 Å². The molecular formula is C13H26N2O. The Labute approximate surface area is 99.5 Å². The van der Waals surface area contributed by atoms with Crippen LogP contribution in [-0.2, 0) is 4.74 Å². The van der Waals surface area contributed by atoms with E-state index in [2.05, 4.69) is 24.2 Å². The summed E-state index contributed by atoms with van der Waals surface area (Å²) in [7, 11) is 2.29. The largest absolute Gasteiger partial charge is 0.381 e. The lowest BCUT2D eigenvalue weighted by atomic mass is 9.92. The number of ether oxygens (including phenoxy) is 1. The molecule has 94 valence electrons. The fourth-order valence-electron chi connectivity index (χ4n) is 3.08. The molecule has 0 saturated carbocycles. The van der Waals surface area contributed by atoms with E-state index in [1.165, 1.54) is 38.8 Å². The average Bonchev–Trinajstić information content (AvgIpc) is 2.30. The Morgan fingerprint density at radius 3 is 2.69 bits per heavy atom. The maximum absolute atomic E-state index is 5.42. The van der Waals surface area contributed by atoms with Crippen LogP contribution in [0.5, 0.6) is 0 Å². The van der Waals surface area contributed by atoms with Gasteiger partial charge in [-0.2, -0.15) is 0 Å². The number of hydrogen-bond donors (Lipinski definition) is 1. The summed E-state index contributed by atoms with van der Waals surface area (Å²) in [6, 6.07) is 1.47. The van der Waals surface area contributed by atoms with Crippen LogP contribution in [0.2, 0.25) is 0 Å². The first kappa shape index (κ1) is 12.3. The predicted molar refractivity (Wildman–Crippen MR) is 66.7 cm³/mol. The second-order valence-corrected chi connectivity index (χ2v) is 5.53. The highest BCUT2D eigenvalue weighted by atomic mass is 16.5. The number of nitrogens with one attached hydrogen (secondary N) is 1. The van der Waals surface area contributed by atoms with Crippen molar-refractivity contribution in [1.82, 2.24) is 10.2 Å². The standard InChI is InChI=1S/C13H26N2O/c1-11-9-12(3-6-14-11)10-15(2)13-4-7-16-8-5-13/h11-14H,3-10H2,1-2H3. The Balaban J connectivity index is 1.74. The maximum atomic E-state index is 5.42. The first-order valence-electron chi connectivity index (χ1n) is 6.77. The van der Waals surface area contributed by atoms with Gasteiger partial charge in [0, 0.05) is 31.8 Å². The number of hydrogen-bond acceptors (Lipinski definition) is 3. The molecule has 0 aromatic heterocycles. The molecule has 2 heterocycles. The number of nitrogens with zero attached hydrogens (tertiary/aromatic N) is 1. The van der Waals surface area contributed by atoms with E-state index >= 15 is 0 Å². The van der Waals surface area contributed by atoms with Gasteiger partial charge in [-0.05, 0) is 52.1 Å². The van der Waals surface area contributed by atoms with Gasteiger partial charge < -0.3 is 15.0 Å². The molecule has 0 amide bonds. The molecule has 3 heteroatoms. The molecule has 2 saturated heterocycles. The van der Waals surface area contributed by atoms with Crippen molar-refractivity contribution in [2.45, 2.75) is 44.7 Å². The van der Waals surface area contributed by atoms with Gasteiger partial charge in [0.05, 0.1) is 0 Å². The Bertz CT molecular complexity index is 204. The van der Waals surface area contributed by atoms with Crippen molar-refractivity contribution >= 4 is 0 Å². The highest BCUT2D eigenvalue weighted by molar-refractivity contribution is 4.80. The molecule has 2 aliphatic heterocycles. The van der Waals surface area contributed by atoms with Gasteiger partial charge in [0.1, 0.15) is 0 Å². The topological polar surface area (TPSA) is 24.5 Å². The third-order valence-electron chi connectivity index (χ3n) is 4.09. The van der Waals surface area contributed by atoms with E-state index in [0.717, 1.165) is 25.2 Å². The van der Waals surface area contributed by atoms with Gasteiger partial charge >= 0.3 is 0 Å². The molecule has 1 N–H and O–H groups in total. The minimum absolute atomic E-state index is 0.710. The lowest BCUT2D eigenvalue weighted by Gasteiger charge is -2.36. The predicted octanol–water partition coefficient (Wildman–Crippen LogP) is 1.49. The molecule has 0 aromatic rings. The van der Waals surface area contributed by atoms with Crippen LogP contribution < -0.4 is 5.32 Å². The first-order valence-corrected chi connectivity index (χ1v) is 6.77. The Morgan fingerprint density at radius 1 is 1.25 bits per heavy atom. The van der Waals surface area contributed by atoms with E-state index in [-0.39, 0.29) is 0 Å². The molecular weight excluding hydrogens is 200 g/mol. The Hall–Kier alpha value is -0.120. The van der Waals surface area contributed by atoms with E-state index in [4.69, 9.17) is 4.74 Å². The van der Waals surface area contributed by atoms with Crippen molar-refractivity contribution in [1.29, 1.82) is 0 Å². The van der Waals surface area contributed by atoms with Gasteiger partial charge in [-0.1, -0.05) is 0 Å². The van der Waals surface area contributed by atoms with Crippen molar-refractivity contribution in [2.75, 3.05) is 33.4 Å². The van der Waals surface area contributed by atoms with Crippen LogP contribution in [0.25, 0.3) is 0 Å². The summed E-state index contributed by atoms with van der Waals surface area (Å²) in [5.41, 5.74) is 0. The lowest BCUT2D eigenvalue weighted by molar-refractivity contribution is 0.0358. The fourth-order valence-corrected chi connectivity index (χ4v) is 3.08. The zero-order valence-corrected chi connectivity index (χ0v) is 10.7. The summed E-state index contributed by atoms with van der Waals surface area (Å²) in [6.07, 6.45) is 5.12. The number of piperidine rings is 1. The van der Waals surface area contributed by atoms with Crippen LogP contribution in [0.1, 0.15) is 32.6 Å². The van der Waals surface area contributed by atoms with Crippen molar-refractivity contribution in [3.05, 3.63) is 0 Å². The van der Waals surface area contributed by atoms with Gasteiger partial charge in [0.15, 0.2) is 0 Å². The van der Waals surface area contributed by atoms with Gasteiger partial charge in [-0.3, -0.25) is 0 Å². The van der Waals surface area contributed by atoms with Crippen LogP contribution in [0.4, 0.5) is 0 Å². The summed E-state index contributed by atoms with van der Waals surface area (Å²) in [5.74, 6) is 0.893. The fraction of sp³-hybridized carbons (Fsp3) is 1.00. The molecule has 0 radical (unpaired) electrons. The molecule has 0 aromatic carbocycles. The normalized spacial score (nSPS) is 33.2. The maximum Gasteiger partial charge on any atom is 0.0480 e. The highest BCUT2D eigenvalue weighted by Crippen LogP contribution is 2.20. The molecule has 2 unspecified atom stereocenters. The zero-order valence-electron chi connectivity index (χ0n) is 10.7. The van der Waals surface area contributed by atoms with Crippen molar-refractivity contribution in [3.8, 4) is 0 Å². The monoisotopic (exact) mass is 226 g/mol. The third kappa shape index (κ3) is 3.44. The molecule has 2 atom stereocenters. The Kier molecular flexibility index (Phi) is 4.62. The van der Waals surface area contributed by atoms with Gasteiger partial charge in [0.25, 0.3) is 0 Å². The number of rotatable bonds is 3. The van der Waals surface area contributed by atoms with Crippen LogP contribution in [0.3, 0.4) is 0 Å². The highest BCUT2D eigenvalue weighted by Gasteiger charge is 2.24. The summed E-state index contributed by atoms with van der Waals surface area (Å²) < 4.78 is 5.42. The molecule has 0 bridgehead atoms. The summed E-state index contributed by atoms with van der Waals surface area (Å²) in [4.78, 5) is 2.57. The lowest BCUT2D eigenvalue weighted by Crippen LogP contribution is -2.43. The second-order valence-electron chi connectivity index (χ2n) is 5.53. The second kappa shape index (κ2) is 5.99. The van der Waals surface area contributed by atoms with Gasteiger partial charge in [0.2, 0.25) is 0 Å². The molecule has 3 nitrogen and oxygen atoms in total. The quantitative estimate of drug-likeness (QED) is 0.789. The zero-order chi connectivity index (χ0) is 11.4. The van der Waals surface area contributed by atoms with E-state index in [9.17, 15) is 0 Å². The molecule has 0 spiro atoms. The first-order chi connectivity index (χ1) is 7.75. The van der Waals surface area contributed by atoms with Crippen molar-refractivity contribution < 1.29 is 4.74 Å². The SMILES string of the molecule is CC1CC(CN(C)C2CCOCC2)CCN1. The van der Waals surface area contributed by atoms with Gasteiger partial charge in [-0.15, -0.1) is 0 Å². The molecule has 0 aliphatic carbocycles. The molecule has 2 rings (SSSR count). The molecule has 2 aliphatic rings.